The quantitative estimate of drug-likeness (QED) is 0.329. The molecule has 0 aliphatic carbocycles. The lowest BCUT2D eigenvalue weighted by molar-refractivity contribution is 0.108. The van der Waals surface area contributed by atoms with Gasteiger partial charge in [0.05, 0.1) is 21.3 Å². The Balaban J connectivity index is 2.44. The van der Waals surface area contributed by atoms with Crippen molar-refractivity contribution >= 4 is 5.96 Å². The fourth-order valence-electron chi connectivity index (χ4n) is 2.60. The van der Waals surface area contributed by atoms with E-state index in [0.717, 1.165) is 50.7 Å². The van der Waals surface area contributed by atoms with Crippen LogP contribution in [0.4, 0.5) is 0 Å². The van der Waals surface area contributed by atoms with Gasteiger partial charge in [0, 0.05) is 38.9 Å². The van der Waals surface area contributed by atoms with Gasteiger partial charge >= 0.3 is 0 Å². The molecule has 27 heavy (non-hydrogen) atoms. The number of nitrogens with one attached hydrogen (secondary N) is 2. The van der Waals surface area contributed by atoms with Crippen LogP contribution >= 0.6 is 0 Å². The van der Waals surface area contributed by atoms with Crippen LogP contribution in [0, 0.1) is 5.92 Å². The maximum atomic E-state index is 5.58. The molecule has 0 amide bonds. The monoisotopic (exact) mass is 381 g/mol. The molecule has 0 aromatic heterocycles. The molecule has 0 bridgehead atoms. The van der Waals surface area contributed by atoms with Gasteiger partial charge in [-0.3, -0.25) is 4.99 Å². The van der Waals surface area contributed by atoms with E-state index >= 15 is 0 Å². The molecule has 1 aromatic rings. The van der Waals surface area contributed by atoms with Crippen LogP contribution in [0.25, 0.3) is 0 Å². The first-order valence-corrected chi connectivity index (χ1v) is 9.37. The highest BCUT2D eigenvalue weighted by atomic mass is 16.5. The summed E-state index contributed by atoms with van der Waals surface area (Å²) in [5.74, 6) is 3.31. The smallest absolute Gasteiger partial charge is 0.203 e. The second kappa shape index (κ2) is 13.1. The van der Waals surface area contributed by atoms with E-state index in [4.69, 9.17) is 18.9 Å². The van der Waals surface area contributed by atoms with Gasteiger partial charge in [-0.2, -0.15) is 0 Å². The molecule has 7 nitrogen and oxygen atoms in total. The lowest BCUT2D eigenvalue weighted by Gasteiger charge is -2.16. The van der Waals surface area contributed by atoms with Crippen molar-refractivity contribution in [1.82, 2.24) is 10.6 Å². The van der Waals surface area contributed by atoms with Gasteiger partial charge in [-0.15, -0.1) is 0 Å². The molecule has 0 unspecified atom stereocenters. The topological polar surface area (TPSA) is 73.3 Å². The summed E-state index contributed by atoms with van der Waals surface area (Å²) in [6, 6.07) is 3.88. The van der Waals surface area contributed by atoms with Crippen LogP contribution in [0.5, 0.6) is 17.2 Å². The SMILES string of the molecule is CN=C(NCCCOCC(C)C)NCCc1ccc(OC)c(OC)c1OC. The molecule has 0 heterocycles. The molecule has 2 N–H and O–H groups in total. The Morgan fingerprint density at radius 3 is 2.30 bits per heavy atom. The third-order valence-corrected chi connectivity index (χ3v) is 3.91. The highest BCUT2D eigenvalue weighted by Gasteiger charge is 2.15. The van der Waals surface area contributed by atoms with E-state index in [0.29, 0.717) is 23.2 Å². The second-order valence-electron chi connectivity index (χ2n) is 6.49. The highest BCUT2D eigenvalue weighted by molar-refractivity contribution is 5.79. The van der Waals surface area contributed by atoms with Gasteiger partial charge in [-0.25, -0.2) is 0 Å². The Kier molecular flexibility index (Phi) is 11.1. The zero-order valence-corrected chi connectivity index (χ0v) is 17.6. The van der Waals surface area contributed by atoms with Crippen LogP contribution in [0.15, 0.2) is 17.1 Å². The van der Waals surface area contributed by atoms with Crippen molar-refractivity contribution in [2.45, 2.75) is 26.7 Å². The third-order valence-electron chi connectivity index (χ3n) is 3.91. The van der Waals surface area contributed by atoms with Crippen LogP contribution in [-0.4, -0.2) is 60.6 Å². The number of rotatable bonds is 12. The van der Waals surface area contributed by atoms with Crippen LogP contribution in [0.3, 0.4) is 0 Å². The molecule has 7 heteroatoms. The maximum Gasteiger partial charge on any atom is 0.203 e. The first-order chi connectivity index (χ1) is 13.1. The van der Waals surface area contributed by atoms with Crippen LogP contribution in [0.2, 0.25) is 0 Å². The number of nitrogens with zero attached hydrogens (tertiary/aromatic N) is 1. The molecular formula is C20H35N3O4. The lowest BCUT2D eigenvalue weighted by Crippen LogP contribution is -2.39. The minimum atomic E-state index is 0.570. The van der Waals surface area contributed by atoms with E-state index in [1.807, 2.05) is 12.1 Å². The van der Waals surface area contributed by atoms with Gasteiger partial charge < -0.3 is 29.6 Å². The van der Waals surface area contributed by atoms with Gasteiger partial charge in [0.2, 0.25) is 5.75 Å². The summed E-state index contributed by atoms with van der Waals surface area (Å²) in [4.78, 5) is 4.25. The van der Waals surface area contributed by atoms with E-state index in [2.05, 4.69) is 29.5 Å². The summed E-state index contributed by atoms with van der Waals surface area (Å²) in [7, 11) is 6.62. The molecule has 0 spiro atoms. The Morgan fingerprint density at radius 1 is 1.00 bits per heavy atom. The van der Waals surface area contributed by atoms with E-state index in [-0.39, 0.29) is 0 Å². The zero-order chi connectivity index (χ0) is 20.1. The van der Waals surface area contributed by atoms with Crippen molar-refractivity contribution in [3.8, 4) is 17.2 Å². The summed E-state index contributed by atoms with van der Waals surface area (Å²) < 4.78 is 21.8. The first kappa shape index (κ1) is 22.9. The summed E-state index contributed by atoms with van der Waals surface area (Å²) in [5.41, 5.74) is 1.04. The molecule has 1 rings (SSSR count). The van der Waals surface area contributed by atoms with E-state index in [1.54, 1.807) is 28.4 Å². The Labute approximate surface area is 163 Å². The normalized spacial score (nSPS) is 11.4. The lowest BCUT2D eigenvalue weighted by atomic mass is 10.1. The fraction of sp³-hybridized carbons (Fsp3) is 0.650. The minimum Gasteiger partial charge on any atom is -0.493 e. The number of guanidine groups is 1. The second-order valence-corrected chi connectivity index (χ2v) is 6.49. The standard InChI is InChI=1S/C20H35N3O4/c1-15(2)14-27-13-7-11-22-20(21-3)23-12-10-16-8-9-17(24-4)19(26-6)18(16)25-5/h8-9,15H,7,10-14H2,1-6H3,(H2,21,22,23). The molecule has 0 radical (unpaired) electrons. The van der Waals surface area contributed by atoms with Gasteiger partial charge in [-0.05, 0) is 24.8 Å². The number of hydrogen-bond acceptors (Lipinski definition) is 5. The zero-order valence-electron chi connectivity index (χ0n) is 17.6. The number of methoxy groups -OCH3 is 3. The van der Waals surface area contributed by atoms with Crippen molar-refractivity contribution in [3.05, 3.63) is 17.7 Å². The number of aliphatic imine (C=N–C) groups is 1. The Morgan fingerprint density at radius 2 is 1.70 bits per heavy atom. The van der Waals surface area contributed by atoms with Crippen LogP contribution in [0.1, 0.15) is 25.8 Å². The Bertz CT molecular complexity index is 577. The average Bonchev–Trinajstić information content (AvgIpc) is 2.67. The number of hydrogen-bond donors (Lipinski definition) is 2. The average molecular weight is 382 g/mol. The van der Waals surface area contributed by atoms with Gasteiger partial charge in [-0.1, -0.05) is 19.9 Å². The Hall–Kier alpha value is -2.15. The van der Waals surface area contributed by atoms with Crippen LogP contribution < -0.4 is 24.8 Å². The predicted octanol–water partition coefficient (Wildman–Crippen LogP) is 2.48. The van der Waals surface area contributed by atoms with Gasteiger partial charge in [0.1, 0.15) is 0 Å². The van der Waals surface area contributed by atoms with Crippen molar-refractivity contribution in [2.24, 2.45) is 10.9 Å². The molecule has 1 aromatic carbocycles. The number of benzene rings is 1. The molecule has 0 aliphatic rings. The first-order valence-electron chi connectivity index (χ1n) is 9.37. The molecule has 0 aliphatic heterocycles. The predicted molar refractivity (Wildman–Crippen MR) is 109 cm³/mol. The molecular weight excluding hydrogens is 346 g/mol. The van der Waals surface area contributed by atoms with Gasteiger partial charge in [0.25, 0.3) is 0 Å². The van der Waals surface area contributed by atoms with Crippen molar-refractivity contribution in [3.63, 3.8) is 0 Å². The highest BCUT2D eigenvalue weighted by Crippen LogP contribution is 2.39. The summed E-state index contributed by atoms with van der Waals surface area (Å²) in [6.45, 7) is 7.40. The summed E-state index contributed by atoms with van der Waals surface area (Å²) in [6.07, 6.45) is 1.71. The van der Waals surface area contributed by atoms with E-state index in [1.165, 1.54) is 0 Å². The van der Waals surface area contributed by atoms with E-state index < -0.39 is 0 Å². The summed E-state index contributed by atoms with van der Waals surface area (Å²) in [5, 5.41) is 6.61. The van der Waals surface area contributed by atoms with Crippen molar-refractivity contribution in [1.29, 1.82) is 0 Å². The molecule has 154 valence electrons. The summed E-state index contributed by atoms with van der Waals surface area (Å²) >= 11 is 0. The van der Waals surface area contributed by atoms with Crippen molar-refractivity contribution < 1.29 is 18.9 Å². The molecule has 0 fully saturated rings. The fourth-order valence-corrected chi connectivity index (χ4v) is 2.60. The minimum absolute atomic E-state index is 0.570. The largest absolute Gasteiger partial charge is 0.493 e. The maximum absolute atomic E-state index is 5.58. The van der Waals surface area contributed by atoms with Crippen LogP contribution in [-0.2, 0) is 11.2 Å². The van der Waals surface area contributed by atoms with Crippen molar-refractivity contribution in [2.75, 3.05) is 54.7 Å². The third kappa shape index (κ3) is 7.95. The molecule has 0 atom stereocenters. The van der Waals surface area contributed by atoms with Gasteiger partial charge in [0.15, 0.2) is 17.5 Å². The number of ether oxygens (including phenoxy) is 4. The van der Waals surface area contributed by atoms with E-state index in [9.17, 15) is 0 Å². The molecule has 0 saturated heterocycles. The molecule has 0 saturated carbocycles.